The maximum Gasteiger partial charge on any atom is 0.317 e. The van der Waals surface area contributed by atoms with Crippen LogP contribution in [0, 0.1) is 11.8 Å². The average molecular weight is 349 g/mol. The molecule has 1 atom stereocenters. The van der Waals surface area contributed by atoms with Crippen LogP contribution in [-0.2, 0) is 16.1 Å². The quantitative estimate of drug-likeness (QED) is 0.848. The van der Waals surface area contributed by atoms with Crippen molar-refractivity contribution in [2.75, 3.05) is 32.8 Å². The number of rotatable bonds is 5. The molecule has 138 valence electrons. The zero-order valence-corrected chi connectivity index (χ0v) is 14.5. The summed E-state index contributed by atoms with van der Waals surface area (Å²) in [5.74, 6) is 1.17. The normalized spacial score (nSPS) is 21.8. The van der Waals surface area contributed by atoms with Crippen molar-refractivity contribution in [3.63, 3.8) is 0 Å². The molecule has 7 heteroatoms. The zero-order chi connectivity index (χ0) is 17.5. The third-order valence-electron chi connectivity index (χ3n) is 4.97. The molecule has 3 rings (SSSR count). The Morgan fingerprint density at radius 2 is 2.04 bits per heavy atom. The van der Waals surface area contributed by atoms with Crippen molar-refractivity contribution in [3.05, 3.63) is 24.2 Å². The van der Waals surface area contributed by atoms with Gasteiger partial charge in [0.2, 0.25) is 5.91 Å². The lowest BCUT2D eigenvalue weighted by atomic mass is 9.96. The Labute approximate surface area is 148 Å². The van der Waals surface area contributed by atoms with Gasteiger partial charge in [-0.25, -0.2) is 4.79 Å². The highest BCUT2D eigenvalue weighted by Crippen LogP contribution is 2.18. The van der Waals surface area contributed by atoms with Gasteiger partial charge in [-0.3, -0.25) is 4.79 Å². The molecule has 7 nitrogen and oxygen atoms in total. The number of furan rings is 1. The summed E-state index contributed by atoms with van der Waals surface area (Å²) in [5, 5.41) is 5.91. The lowest BCUT2D eigenvalue weighted by Gasteiger charge is -2.32. The second kappa shape index (κ2) is 8.89. The Morgan fingerprint density at radius 3 is 2.72 bits per heavy atom. The van der Waals surface area contributed by atoms with Crippen molar-refractivity contribution in [2.45, 2.75) is 32.2 Å². The Balaban J connectivity index is 1.34. The summed E-state index contributed by atoms with van der Waals surface area (Å²) in [5.41, 5.74) is 0. The summed E-state index contributed by atoms with van der Waals surface area (Å²) >= 11 is 0. The molecule has 0 saturated carbocycles. The fourth-order valence-electron chi connectivity index (χ4n) is 3.39. The molecule has 0 spiro atoms. The Kier molecular flexibility index (Phi) is 6.33. The molecule has 1 aromatic heterocycles. The number of piperidine rings is 1. The minimum absolute atomic E-state index is 0.0278. The van der Waals surface area contributed by atoms with Crippen LogP contribution in [0.15, 0.2) is 22.8 Å². The number of urea groups is 1. The first-order valence-electron chi connectivity index (χ1n) is 9.13. The maximum absolute atomic E-state index is 12.3. The molecule has 2 N–H and O–H groups in total. The van der Waals surface area contributed by atoms with E-state index in [0.29, 0.717) is 44.9 Å². The number of nitrogens with zero attached hydrogens (tertiary/aromatic N) is 1. The van der Waals surface area contributed by atoms with Gasteiger partial charge in [0.1, 0.15) is 5.76 Å². The van der Waals surface area contributed by atoms with Crippen LogP contribution in [0.3, 0.4) is 0 Å². The van der Waals surface area contributed by atoms with E-state index in [4.69, 9.17) is 9.15 Å². The molecule has 25 heavy (non-hydrogen) atoms. The molecule has 3 heterocycles. The molecule has 0 unspecified atom stereocenters. The highest BCUT2D eigenvalue weighted by atomic mass is 16.5. The first-order chi connectivity index (χ1) is 12.2. The van der Waals surface area contributed by atoms with Gasteiger partial charge in [0, 0.05) is 32.2 Å². The monoisotopic (exact) mass is 349 g/mol. The van der Waals surface area contributed by atoms with Crippen LogP contribution in [0.2, 0.25) is 0 Å². The predicted molar refractivity (Wildman–Crippen MR) is 91.8 cm³/mol. The Morgan fingerprint density at radius 1 is 1.20 bits per heavy atom. The van der Waals surface area contributed by atoms with Crippen LogP contribution >= 0.6 is 0 Å². The van der Waals surface area contributed by atoms with Gasteiger partial charge < -0.3 is 24.7 Å². The number of amides is 3. The van der Waals surface area contributed by atoms with E-state index in [1.165, 1.54) is 0 Å². The van der Waals surface area contributed by atoms with Crippen LogP contribution in [0.25, 0.3) is 0 Å². The smallest absolute Gasteiger partial charge is 0.317 e. The zero-order valence-electron chi connectivity index (χ0n) is 14.5. The number of hydrogen-bond acceptors (Lipinski definition) is 4. The Hall–Kier alpha value is -2.02. The first kappa shape index (κ1) is 17.8. The fourth-order valence-corrected chi connectivity index (χ4v) is 3.39. The van der Waals surface area contributed by atoms with Crippen molar-refractivity contribution >= 4 is 11.9 Å². The summed E-state index contributed by atoms with van der Waals surface area (Å²) in [6.07, 6.45) is 5.17. The minimum atomic E-state index is -0.0363. The highest BCUT2D eigenvalue weighted by Gasteiger charge is 2.27. The topological polar surface area (TPSA) is 83.8 Å². The van der Waals surface area contributed by atoms with E-state index in [2.05, 4.69) is 10.6 Å². The van der Waals surface area contributed by atoms with Crippen LogP contribution in [0.5, 0.6) is 0 Å². The lowest BCUT2D eigenvalue weighted by molar-refractivity contribution is -0.126. The van der Waals surface area contributed by atoms with Gasteiger partial charge in [-0.15, -0.1) is 0 Å². The predicted octanol–water partition coefficient (Wildman–Crippen LogP) is 1.74. The van der Waals surface area contributed by atoms with Crippen LogP contribution in [0.4, 0.5) is 4.79 Å². The summed E-state index contributed by atoms with van der Waals surface area (Å²) in [6.45, 7) is 3.88. The number of carbonyl (C=O) groups excluding carboxylic acids is 2. The van der Waals surface area contributed by atoms with E-state index in [0.717, 1.165) is 31.8 Å². The van der Waals surface area contributed by atoms with E-state index in [1.54, 1.807) is 17.2 Å². The van der Waals surface area contributed by atoms with Crippen molar-refractivity contribution in [1.29, 1.82) is 0 Å². The van der Waals surface area contributed by atoms with E-state index >= 15 is 0 Å². The molecule has 2 saturated heterocycles. The fraction of sp³-hybridized carbons (Fsp3) is 0.667. The summed E-state index contributed by atoms with van der Waals surface area (Å²) in [7, 11) is 0. The molecular formula is C18H27N3O4. The van der Waals surface area contributed by atoms with Crippen LogP contribution < -0.4 is 10.6 Å². The van der Waals surface area contributed by atoms with Gasteiger partial charge in [-0.2, -0.15) is 0 Å². The molecule has 2 aliphatic heterocycles. The summed E-state index contributed by atoms with van der Waals surface area (Å²) in [6, 6.07) is 3.61. The number of nitrogens with one attached hydrogen (secondary N) is 2. The molecule has 1 aromatic rings. The van der Waals surface area contributed by atoms with Gasteiger partial charge in [0.15, 0.2) is 0 Å². The number of hydrogen-bond donors (Lipinski definition) is 2. The largest absolute Gasteiger partial charge is 0.467 e. The SMILES string of the molecule is O=C(NCc1ccco1)C1CCN(C(=O)NC[C@@H]2CCCOC2)CC1. The van der Waals surface area contributed by atoms with Crippen molar-refractivity contribution in [3.8, 4) is 0 Å². The van der Waals surface area contributed by atoms with Gasteiger partial charge >= 0.3 is 6.03 Å². The Bertz CT molecular complexity index is 547. The van der Waals surface area contributed by atoms with Gasteiger partial charge in [0.25, 0.3) is 0 Å². The maximum atomic E-state index is 12.3. The molecule has 0 aromatic carbocycles. The second-order valence-corrected chi connectivity index (χ2v) is 6.83. The minimum Gasteiger partial charge on any atom is -0.467 e. The average Bonchev–Trinajstić information content (AvgIpc) is 3.19. The molecule has 3 amide bonds. The molecule has 2 fully saturated rings. The molecular weight excluding hydrogens is 322 g/mol. The van der Waals surface area contributed by atoms with E-state index in [9.17, 15) is 9.59 Å². The van der Waals surface area contributed by atoms with Crippen LogP contribution in [0.1, 0.15) is 31.4 Å². The van der Waals surface area contributed by atoms with E-state index < -0.39 is 0 Å². The van der Waals surface area contributed by atoms with Gasteiger partial charge in [-0.1, -0.05) is 0 Å². The van der Waals surface area contributed by atoms with E-state index in [1.807, 2.05) is 6.07 Å². The second-order valence-electron chi connectivity index (χ2n) is 6.83. The standard InChI is InChI=1S/C18H27N3O4/c22-17(19-12-16-4-2-10-25-16)15-5-7-21(8-6-15)18(23)20-11-14-3-1-9-24-13-14/h2,4,10,14-15H,1,3,5-9,11-13H2,(H,19,22)(H,20,23)/t14-/m0/s1. The van der Waals surface area contributed by atoms with Crippen molar-refractivity contribution in [2.24, 2.45) is 11.8 Å². The van der Waals surface area contributed by atoms with E-state index in [-0.39, 0.29) is 17.9 Å². The molecule has 0 radical (unpaired) electrons. The van der Waals surface area contributed by atoms with Crippen molar-refractivity contribution in [1.82, 2.24) is 15.5 Å². The van der Waals surface area contributed by atoms with Gasteiger partial charge in [-0.05, 0) is 43.7 Å². The molecule has 0 bridgehead atoms. The molecule has 2 aliphatic rings. The number of likely N-dealkylation sites (tertiary alicyclic amines) is 1. The molecule has 0 aliphatic carbocycles. The number of carbonyl (C=O) groups is 2. The number of ether oxygens (including phenoxy) is 1. The first-order valence-corrected chi connectivity index (χ1v) is 9.13. The third kappa shape index (κ3) is 5.22. The summed E-state index contributed by atoms with van der Waals surface area (Å²) in [4.78, 5) is 26.3. The van der Waals surface area contributed by atoms with Gasteiger partial charge in [0.05, 0.1) is 19.4 Å². The van der Waals surface area contributed by atoms with Crippen molar-refractivity contribution < 1.29 is 18.7 Å². The highest BCUT2D eigenvalue weighted by molar-refractivity contribution is 5.79. The third-order valence-corrected chi connectivity index (χ3v) is 4.97. The summed E-state index contributed by atoms with van der Waals surface area (Å²) < 4.78 is 10.6. The lowest BCUT2D eigenvalue weighted by Crippen LogP contribution is -2.48. The van der Waals surface area contributed by atoms with Crippen LogP contribution in [-0.4, -0.2) is 49.7 Å².